The molecule has 2 heterocycles. The van der Waals surface area contributed by atoms with E-state index in [1.54, 1.807) is 6.07 Å². The molecule has 3 rings (SSSR count). The molecule has 2 amide bonds. The lowest BCUT2D eigenvalue weighted by molar-refractivity contribution is -0.147. The van der Waals surface area contributed by atoms with Gasteiger partial charge >= 0.3 is 5.97 Å². The predicted molar refractivity (Wildman–Crippen MR) is 101 cm³/mol. The second-order valence-corrected chi connectivity index (χ2v) is 9.09. The Kier molecular flexibility index (Phi) is 5.96. The van der Waals surface area contributed by atoms with Gasteiger partial charge in [0.1, 0.15) is 11.5 Å². The Morgan fingerprint density at radius 2 is 2.03 bits per heavy atom. The molecule has 1 saturated heterocycles. The predicted octanol–water partition coefficient (Wildman–Crippen LogP) is 0.861. The monoisotopic (exact) mass is 425 g/mol. The smallest absolute Gasteiger partial charge is 0.355 e. The van der Waals surface area contributed by atoms with Gasteiger partial charge in [0.05, 0.1) is 23.2 Å². The van der Waals surface area contributed by atoms with E-state index in [4.69, 9.17) is 4.74 Å². The molecule has 9 nitrogen and oxygen atoms in total. The number of carbonyl (C=O) groups excluding carboxylic acids is 3. The maximum absolute atomic E-state index is 13.6. The number of benzene rings is 1. The van der Waals surface area contributed by atoms with Gasteiger partial charge in [-0.25, -0.2) is 22.6 Å². The van der Waals surface area contributed by atoms with Crippen LogP contribution in [0, 0.1) is 5.82 Å². The van der Waals surface area contributed by atoms with Gasteiger partial charge in [-0.2, -0.15) is 5.10 Å². The van der Waals surface area contributed by atoms with E-state index >= 15 is 0 Å². The number of anilines is 1. The van der Waals surface area contributed by atoms with Crippen LogP contribution in [-0.4, -0.2) is 60.6 Å². The van der Waals surface area contributed by atoms with Crippen LogP contribution in [0.4, 0.5) is 10.1 Å². The minimum atomic E-state index is -3.23. The molecule has 0 aliphatic carbocycles. The minimum Gasteiger partial charge on any atom is -0.448 e. The summed E-state index contributed by atoms with van der Waals surface area (Å²) in [5.74, 6) is -2.85. The number of rotatable bonds is 5. The summed E-state index contributed by atoms with van der Waals surface area (Å²) in [4.78, 5) is 36.6. The number of nitrogens with one attached hydrogen (secondary N) is 1. The van der Waals surface area contributed by atoms with E-state index < -0.39 is 39.7 Å². The fourth-order valence-electron chi connectivity index (χ4n) is 3.05. The molecule has 2 aliphatic heterocycles. The fourth-order valence-corrected chi connectivity index (χ4v) is 4.74. The van der Waals surface area contributed by atoms with Crippen molar-refractivity contribution in [1.82, 2.24) is 5.01 Å². The van der Waals surface area contributed by atoms with Gasteiger partial charge in [-0.15, -0.1) is 0 Å². The van der Waals surface area contributed by atoms with Crippen LogP contribution in [0.3, 0.4) is 0 Å². The topological polar surface area (TPSA) is 122 Å². The Balaban J connectivity index is 1.64. The number of hydrogen-bond acceptors (Lipinski definition) is 7. The third kappa shape index (κ3) is 4.97. The van der Waals surface area contributed by atoms with Crippen LogP contribution in [-0.2, 0) is 29.0 Å². The molecule has 1 aromatic carbocycles. The summed E-state index contributed by atoms with van der Waals surface area (Å²) < 4.78 is 42.0. The molecular weight excluding hydrogens is 405 g/mol. The molecule has 1 N–H and O–H groups in total. The van der Waals surface area contributed by atoms with Gasteiger partial charge in [0.25, 0.3) is 5.91 Å². The van der Waals surface area contributed by atoms with E-state index in [0.29, 0.717) is 0 Å². The number of hydrogen-bond donors (Lipinski definition) is 1. The van der Waals surface area contributed by atoms with E-state index in [1.165, 1.54) is 25.1 Å². The normalized spacial score (nSPS) is 22.0. The van der Waals surface area contributed by atoms with Crippen molar-refractivity contribution in [3.63, 3.8) is 0 Å². The average molecular weight is 425 g/mol. The third-order valence-corrected chi connectivity index (χ3v) is 6.38. The number of nitrogens with zero attached hydrogens (tertiary/aromatic N) is 2. The third-order valence-electron chi connectivity index (χ3n) is 4.63. The molecule has 11 heteroatoms. The van der Waals surface area contributed by atoms with Crippen LogP contribution in [0.5, 0.6) is 0 Å². The standard InChI is InChI=1S/C18H20FN3O6S/c1-11(17(24)20-14-5-3-2-4-13(14)19)28-18(25)15-6-7-16(23)22(21-15)12-8-9-29(26,27)10-12/h2-5,11-12H,6-10H2,1H3,(H,20,24). The second kappa shape index (κ2) is 8.27. The molecule has 0 spiro atoms. The van der Waals surface area contributed by atoms with Gasteiger partial charge in [0.2, 0.25) is 5.91 Å². The zero-order valence-corrected chi connectivity index (χ0v) is 16.4. The number of carbonyl (C=O) groups is 3. The molecule has 0 saturated carbocycles. The summed E-state index contributed by atoms with van der Waals surface area (Å²) in [6.45, 7) is 1.32. The SMILES string of the molecule is CC(OC(=O)C1=NN(C2CCS(=O)(=O)C2)C(=O)CC1)C(=O)Nc1ccccc1F. The van der Waals surface area contributed by atoms with Crippen molar-refractivity contribution in [2.45, 2.75) is 38.3 Å². The van der Waals surface area contributed by atoms with Gasteiger partial charge in [-0.05, 0) is 25.5 Å². The van der Waals surface area contributed by atoms with E-state index in [2.05, 4.69) is 10.4 Å². The van der Waals surface area contributed by atoms with Crippen molar-refractivity contribution in [2.75, 3.05) is 16.8 Å². The summed E-state index contributed by atoms with van der Waals surface area (Å²) in [6, 6.07) is 4.95. The average Bonchev–Trinajstić information content (AvgIpc) is 3.03. The van der Waals surface area contributed by atoms with Crippen LogP contribution in [0.2, 0.25) is 0 Å². The first kappa shape index (κ1) is 20.9. The first-order valence-electron chi connectivity index (χ1n) is 9.02. The molecule has 0 bridgehead atoms. The van der Waals surface area contributed by atoms with E-state index in [1.807, 2.05) is 0 Å². The molecule has 1 fully saturated rings. The number of sulfone groups is 1. The quantitative estimate of drug-likeness (QED) is 0.699. The minimum absolute atomic E-state index is 0.0136. The molecule has 1 aromatic rings. The maximum atomic E-state index is 13.6. The molecule has 2 aliphatic rings. The summed E-state index contributed by atoms with van der Waals surface area (Å²) in [6.07, 6.45) is -0.973. The summed E-state index contributed by atoms with van der Waals surface area (Å²) in [5.41, 5.74) is -0.117. The molecule has 2 atom stereocenters. The number of para-hydroxylation sites is 1. The first-order valence-corrected chi connectivity index (χ1v) is 10.8. The zero-order valence-electron chi connectivity index (χ0n) is 15.6. The van der Waals surface area contributed by atoms with Crippen molar-refractivity contribution in [3.05, 3.63) is 30.1 Å². The Hall–Kier alpha value is -2.82. The van der Waals surface area contributed by atoms with Crippen LogP contribution in [0.25, 0.3) is 0 Å². The second-order valence-electron chi connectivity index (χ2n) is 6.86. The molecule has 0 radical (unpaired) electrons. The molecule has 0 aromatic heterocycles. The summed E-state index contributed by atoms with van der Waals surface area (Å²) in [5, 5.41) is 7.35. The number of hydrazone groups is 1. The number of amides is 2. The number of halogens is 1. The van der Waals surface area contributed by atoms with Crippen molar-refractivity contribution >= 4 is 39.0 Å². The lowest BCUT2D eigenvalue weighted by atomic mass is 10.1. The first-order chi connectivity index (χ1) is 13.7. The number of ether oxygens (including phenoxy) is 1. The zero-order chi connectivity index (χ0) is 21.2. The molecule has 29 heavy (non-hydrogen) atoms. The van der Waals surface area contributed by atoms with Crippen LogP contribution < -0.4 is 5.32 Å². The van der Waals surface area contributed by atoms with Gasteiger partial charge in [-0.1, -0.05) is 12.1 Å². The lowest BCUT2D eigenvalue weighted by Gasteiger charge is -2.27. The highest BCUT2D eigenvalue weighted by Crippen LogP contribution is 2.22. The van der Waals surface area contributed by atoms with E-state index in [9.17, 15) is 27.2 Å². The van der Waals surface area contributed by atoms with Crippen molar-refractivity contribution in [2.24, 2.45) is 5.10 Å². The van der Waals surface area contributed by atoms with E-state index in [0.717, 1.165) is 5.01 Å². The fraction of sp³-hybridized carbons (Fsp3) is 0.444. The Morgan fingerprint density at radius 3 is 2.69 bits per heavy atom. The Labute approximate surface area is 166 Å². The summed E-state index contributed by atoms with van der Waals surface area (Å²) in [7, 11) is -3.23. The Morgan fingerprint density at radius 1 is 1.31 bits per heavy atom. The molecule has 2 unspecified atom stereocenters. The van der Waals surface area contributed by atoms with Gasteiger partial charge < -0.3 is 10.1 Å². The molecular formula is C18H20FN3O6S. The molecule has 156 valence electrons. The van der Waals surface area contributed by atoms with Gasteiger partial charge in [0.15, 0.2) is 15.9 Å². The van der Waals surface area contributed by atoms with Gasteiger partial charge in [0, 0.05) is 12.8 Å². The van der Waals surface area contributed by atoms with E-state index in [-0.39, 0.29) is 48.1 Å². The summed E-state index contributed by atoms with van der Waals surface area (Å²) >= 11 is 0. The van der Waals surface area contributed by atoms with Crippen LogP contribution in [0.1, 0.15) is 26.2 Å². The highest BCUT2D eigenvalue weighted by Gasteiger charge is 2.37. The van der Waals surface area contributed by atoms with Gasteiger partial charge in [-0.3, -0.25) is 9.59 Å². The maximum Gasteiger partial charge on any atom is 0.355 e. The Bertz CT molecular complexity index is 978. The van der Waals surface area contributed by atoms with Crippen molar-refractivity contribution in [3.8, 4) is 0 Å². The highest BCUT2D eigenvalue weighted by molar-refractivity contribution is 7.91. The lowest BCUT2D eigenvalue weighted by Crippen LogP contribution is -2.42. The van der Waals surface area contributed by atoms with Crippen LogP contribution in [0.15, 0.2) is 29.4 Å². The largest absolute Gasteiger partial charge is 0.448 e. The highest BCUT2D eigenvalue weighted by atomic mass is 32.2. The van der Waals surface area contributed by atoms with Crippen LogP contribution >= 0.6 is 0 Å². The van der Waals surface area contributed by atoms with Crippen molar-refractivity contribution in [1.29, 1.82) is 0 Å². The number of esters is 1. The van der Waals surface area contributed by atoms with Crippen molar-refractivity contribution < 1.29 is 31.9 Å².